The van der Waals surface area contributed by atoms with Crippen molar-refractivity contribution in [1.29, 1.82) is 0 Å². The number of rotatable bonds is 4. The van der Waals surface area contributed by atoms with Crippen molar-refractivity contribution in [2.75, 3.05) is 13.2 Å². The number of aliphatic hydroxyl groups is 1. The number of fused-ring (bicyclic) bond motifs is 1. The van der Waals surface area contributed by atoms with E-state index >= 15 is 0 Å². The minimum Gasteiger partial charge on any atom is -0.396 e. The molecule has 110 valence electrons. The molecule has 0 radical (unpaired) electrons. The van der Waals surface area contributed by atoms with Crippen LogP contribution >= 0.6 is 0 Å². The summed E-state index contributed by atoms with van der Waals surface area (Å²) in [5, 5.41) is 15.0. The van der Waals surface area contributed by atoms with Gasteiger partial charge in [0.2, 0.25) is 0 Å². The third-order valence-electron chi connectivity index (χ3n) is 4.89. The van der Waals surface area contributed by atoms with Crippen molar-refractivity contribution in [3.05, 3.63) is 0 Å². The summed E-state index contributed by atoms with van der Waals surface area (Å²) in [6, 6.07) is -0.00308. The molecule has 1 heterocycles. The molecular weight excluding hydrogens is 244 g/mol. The maximum absolute atomic E-state index is 12.0. The number of amides is 2. The Bertz CT molecular complexity index is 346. The number of hydrogen-bond donors (Lipinski definition) is 3. The number of urea groups is 1. The van der Waals surface area contributed by atoms with E-state index in [0.29, 0.717) is 5.92 Å². The molecule has 1 saturated carbocycles. The standard InChI is InChI=1S/C14H26N2O3/c1-8(7-17)9(2)15-13(18)16-11-10-5-6-19-12(10)14(11,3)4/h8-12,17H,5-7H2,1-4H3,(H2,15,16,18). The summed E-state index contributed by atoms with van der Waals surface area (Å²) >= 11 is 0. The zero-order chi connectivity index (χ0) is 14.2. The average Bonchev–Trinajstić information content (AvgIpc) is 2.81. The van der Waals surface area contributed by atoms with Crippen molar-refractivity contribution < 1.29 is 14.6 Å². The van der Waals surface area contributed by atoms with E-state index < -0.39 is 0 Å². The first kappa shape index (κ1) is 14.6. The van der Waals surface area contributed by atoms with Crippen LogP contribution in [-0.2, 0) is 4.74 Å². The summed E-state index contributed by atoms with van der Waals surface area (Å²) in [7, 11) is 0. The Labute approximate surface area is 115 Å². The van der Waals surface area contributed by atoms with Gasteiger partial charge in [-0.25, -0.2) is 4.79 Å². The van der Waals surface area contributed by atoms with E-state index in [2.05, 4.69) is 24.5 Å². The smallest absolute Gasteiger partial charge is 0.315 e. The molecule has 1 aliphatic carbocycles. The molecule has 1 saturated heterocycles. The molecule has 5 unspecified atom stereocenters. The molecule has 0 bridgehead atoms. The van der Waals surface area contributed by atoms with Gasteiger partial charge < -0.3 is 20.5 Å². The molecule has 0 aromatic carbocycles. The lowest BCUT2D eigenvalue weighted by molar-refractivity contribution is -0.108. The van der Waals surface area contributed by atoms with E-state index in [-0.39, 0.29) is 42.2 Å². The second-order valence-electron chi connectivity index (χ2n) is 6.61. The predicted molar refractivity (Wildman–Crippen MR) is 72.8 cm³/mol. The molecule has 2 rings (SSSR count). The molecule has 19 heavy (non-hydrogen) atoms. The quantitative estimate of drug-likeness (QED) is 0.717. The Morgan fingerprint density at radius 1 is 1.47 bits per heavy atom. The van der Waals surface area contributed by atoms with Crippen LogP contribution < -0.4 is 10.6 Å². The van der Waals surface area contributed by atoms with Crippen molar-refractivity contribution in [2.45, 2.75) is 52.3 Å². The van der Waals surface area contributed by atoms with Crippen LogP contribution in [0.25, 0.3) is 0 Å². The first-order chi connectivity index (χ1) is 8.87. The Hall–Kier alpha value is -0.810. The highest BCUT2D eigenvalue weighted by molar-refractivity contribution is 5.75. The SMILES string of the molecule is CC(CO)C(C)NC(=O)NC1C2CCOC2C1(C)C. The molecule has 3 N–H and O–H groups in total. The van der Waals surface area contributed by atoms with Gasteiger partial charge in [-0.15, -0.1) is 0 Å². The highest BCUT2D eigenvalue weighted by atomic mass is 16.5. The molecule has 1 aliphatic heterocycles. The van der Waals surface area contributed by atoms with Crippen LogP contribution in [0.4, 0.5) is 4.79 Å². The summed E-state index contributed by atoms with van der Waals surface area (Å²) in [6.45, 7) is 8.99. The fraction of sp³-hybridized carbons (Fsp3) is 0.929. The van der Waals surface area contributed by atoms with Crippen LogP contribution in [0.3, 0.4) is 0 Å². The number of hydrogen-bond acceptors (Lipinski definition) is 3. The van der Waals surface area contributed by atoms with Crippen LogP contribution in [-0.4, -0.2) is 42.5 Å². The molecule has 0 spiro atoms. The van der Waals surface area contributed by atoms with E-state index in [1.54, 1.807) is 0 Å². The molecule has 0 aromatic rings. The van der Waals surface area contributed by atoms with Crippen molar-refractivity contribution in [1.82, 2.24) is 10.6 Å². The summed E-state index contributed by atoms with van der Waals surface area (Å²) in [5.74, 6) is 0.508. The number of carbonyl (C=O) groups is 1. The largest absolute Gasteiger partial charge is 0.396 e. The van der Waals surface area contributed by atoms with Crippen LogP contribution in [0.2, 0.25) is 0 Å². The number of aliphatic hydroxyl groups excluding tert-OH is 1. The monoisotopic (exact) mass is 270 g/mol. The lowest BCUT2D eigenvalue weighted by Gasteiger charge is -2.54. The molecular formula is C14H26N2O3. The van der Waals surface area contributed by atoms with Gasteiger partial charge in [0.05, 0.1) is 6.10 Å². The third-order valence-corrected chi connectivity index (χ3v) is 4.89. The Morgan fingerprint density at radius 3 is 2.79 bits per heavy atom. The van der Waals surface area contributed by atoms with Crippen LogP contribution in [0.5, 0.6) is 0 Å². The molecule has 0 aromatic heterocycles. The highest BCUT2D eigenvalue weighted by Crippen LogP contribution is 2.52. The number of nitrogens with one attached hydrogen (secondary N) is 2. The number of carbonyl (C=O) groups excluding carboxylic acids is 1. The van der Waals surface area contributed by atoms with Gasteiger partial charge in [0.25, 0.3) is 0 Å². The van der Waals surface area contributed by atoms with Crippen LogP contribution in [0.15, 0.2) is 0 Å². The molecule has 5 nitrogen and oxygen atoms in total. The summed E-state index contributed by atoms with van der Waals surface area (Å²) in [4.78, 5) is 12.0. The first-order valence-electron chi connectivity index (χ1n) is 7.17. The van der Waals surface area contributed by atoms with Gasteiger partial charge in [0, 0.05) is 36.6 Å². The molecule has 2 aliphatic rings. The van der Waals surface area contributed by atoms with Gasteiger partial charge in [-0.3, -0.25) is 0 Å². The minimum atomic E-state index is -0.142. The van der Waals surface area contributed by atoms with Crippen LogP contribution in [0, 0.1) is 17.3 Å². The van der Waals surface area contributed by atoms with E-state index in [1.807, 2.05) is 13.8 Å². The average molecular weight is 270 g/mol. The van der Waals surface area contributed by atoms with Gasteiger partial charge in [-0.05, 0) is 19.3 Å². The fourth-order valence-electron chi connectivity index (χ4n) is 3.31. The Morgan fingerprint density at radius 2 is 2.16 bits per heavy atom. The van der Waals surface area contributed by atoms with Gasteiger partial charge >= 0.3 is 6.03 Å². The summed E-state index contributed by atoms with van der Waals surface area (Å²) in [5.41, 5.74) is 0.00430. The fourth-order valence-corrected chi connectivity index (χ4v) is 3.31. The summed E-state index contributed by atoms with van der Waals surface area (Å²) < 4.78 is 5.71. The molecule has 2 fully saturated rings. The van der Waals surface area contributed by atoms with Crippen LogP contribution in [0.1, 0.15) is 34.1 Å². The van der Waals surface area contributed by atoms with Crippen molar-refractivity contribution in [3.8, 4) is 0 Å². The van der Waals surface area contributed by atoms with Gasteiger partial charge in [0.1, 0.15) is 0 Å². The van der Waals surface area contributed by atoms with E-state index in [0.717, 1.165) is 13.0 Å². The maximum Gasteiger partial charge on any atom is 0.315 e. The van der Waals surface area contributed by atoms with Gasteiger partial charge in [-0.2, -0.15) is 0 Å². The van der Waals surface area contributed by atoms with E-state index in [4.69, 9.17) is 9.84 Å². The predicted octanol–water partition coefficient (Wildman–Crippen LogP) is 1.12. The highest BCUT2D eigenvalue weighted by Gasteiger charge is 2.59. The Balaban J connectivity index is 1.86. The van der Waals surface area contributed by atoms with Crippen molar-refractivity contribution in [3.63, 3.8) is 0 Å². The van der Waals surface area contributed by atoms with Gasteiger partial charge in [0.15, 0.2) is 0 Å². The first-order valence-corrected chi connectivity index (χ1v) is 7.17. The molecule has 5 heteroatoms. The van der Waals surface area contributed by atoms with Crippen molar-refractivity contribution >= 4 is 6.03 Å². The summed E-state index contributed by atoms with van der Waals surface area (Å²) in [6.07, 6.45) is 1.31. The van der Waals surface area contributed by atoms with E-state index in [1.165, 1.54) is 0 Å². The van der Waals surface area contributed by atoms with E-state index in [9.17, 15) is 4.79 Å². The molecule has 5 atom stereocenters. The lowest BCUT2D eigenvalue weighted by atomic mass is 9.57. The maximum atomic E-state index is 12.0. The topological polar surface area (TPSA) is 70.6 Å². The normalized spacial score (nSPS) is 34.9. The minimum absolute atomic E-state index is 0.00430. The van der Waals surface area contributed by atoms with Gasteiger partial charge in [-0.1, -0.05) is 20.8 Å². The number of ether oxygens (including phenoxy) is 1. The second-order valence-corrected chi connectivity index (χ2v) is 6.61. The molecule has 2 amide bonds. The Kier molecular flexibility index (Phi) is 4.06. The zero-order valence-corrected chi connectivity index (χ0v) is 12.3. The van der Waals surface area contributed by atoms with Crippen molar-refractivity contribution in [2.24, 2.45) is 17.3 Å². The third kappa shape index (κ3) is 2.58. The zero-order valence-electron chi connectivity index (χ0n) is 12.3. The lowest BCUT2D eigenvalue weighted by Crippen LogP contribution is -2.68. The second kappa shape index (κ2) is 5.29.